The van der Waals surface area contributed by atoms with Crippen LogP contribution in [0.5, 0.6) is 0 Å². The molecule has 7 heteroatoms. The maximum absolute atomic E-state index is 13.2. The first-order valence-electron chi connectivity index (χ1n) is 10.2. The van der Waals surface area contributed by atoms with Gasteiger partial charge in [0.25, 0.3) is 5.56 Å². The minimum atomic E-state index is -0.195. The molecule has 154 valence electrons. The number of rotatable bonds is 4. The van der Waals surface area contributed by atoms with Crippen LogP contribution in [-0.4, -0.2) is 24.7 Å². The molecule has 0 saturated carbocycles. The van der Waals surface area contributed by atoms with E-state index in [1.54, 1.807) is 0 Å². The number of fused-ring (bicyclic) bond motifs is 2. The molecule has 6 nitrogen and oxygen atoms in total. The summed E-state index contributed by atoms with van der Waals surface area (Å²) in [4.78, 5) is 25.6. The normalized spacial score (nSPS) is 11.5. The first-order chi connectivity index (χ1) is 15.1. The molecule has 0 radical (unpaired) electrons. The van der Waals surface area contributed by atoms with Crippen LogP contribution in [0.4, 0.5) is 0 Å². The number of hydrogen-bond donors (Lipinski definition) is 1. The van der Waals surface area contributed by atoms with Crippen LogP contribution in [0.2, 0.25) is 5.02 Å². The molecule has 5 rings (SSSR count). The molecule has 0 saturated heterocycles. The Bertz CT molecular complexity index is 1470. The van der Waals surface area contributed by atoms with Crippen LogP contribution in [0, 0.1) is 6.92 Å². The van der Waals surface area contributed by atoms with Crippen LogP contribution >= 0.6 is 11.6 Å². The van der Waals surface area contributed by atoms with Gasteiger partial charge in [0.15, 0.2) is 11.3 Å². The Morgan fingerprint density at radius 3 is 2.45 bits per heavy atom. The van der Waals surface area contributed by atoms with E-state index in [-0.39, 0.29) is 5.56 Å². The number of aromatic nitrogens is 5. The summed E-state index contributed by atoms with van der Waals surface area (Å²) in [5.41, 5.74) is 4.22. The van der Waals surface area contributed by atoms with Crippen molar-refractivity contribution in [1.82, 2.24) is 24.7 Å². The topological polar surface area (TPSA) is 76.5 Å². The largest absolute Gasteiger partial charge is 0.310 e. The van der Waals surface area contributed by atoms with Crippen LogP contribution in [0.1, 0.15) is 24.9 Å². The number of nitrogens with one attached hydrogen (secondary N) is 1. The fourth-order valence-corrected chi connectivity index (χ4v) is 4.09. The second kappa shape index (κ2) is 7.63. The maximum Gasteiger partial charge on any atom is 0.261 e. The average molecular weight is 430 g/mol. The Morgan fingerprint density at radius 1 is 1.00 bits per heavy atom. The Hall–Kier alpha value is -3.51. The highest BCUT2D eigenvalue weighted by molar-refractivity contribution is 6.30. The molecule has 0 atom stereocenters. The lowest BCUT2D eigenvalue weighted by Crippen LogP contribution is -2.14. The third-order valence-electron chi connectivity index (χ3n) is 5.32. The summed E-state index contributed by atoms with van der Waals surface area (Å²) in [7, 11) is 0. The van der Waals surface area contributed by atoms with Gasteiger partial charge in [0.2, 0.25) is 0 Å². The van der Waals surface area contributed by atoms with E-state index in [0.29, 0.717) is 33.9 Å². The molecule has 31 heavy (non-hydrogen) atoms. The van der Waals surface area contributed by atoms with Crippen molar-refractivity contribution in [3.8, 4) is 16.8 Å². The number of H-pyrrole nitrogens is 1. The standard InChI is InChI=1S/C24H20ClN5O/c1-3-7-18-26-22-21(24(31)27-18)20(15-10-12-16(25)13-11-15)19-14(2)29-30(23(19)28-22)17-8-5-4-6-9-17/h4-6,8-13H,3,7H2,1-2H3,(H,26,27,28,31). The molecule has 2 aromatic carbocycles. The molecular formula is C24H20ClN5O. The number of halogens is 1. The highest BCUT2D eigenvalue weighted by Crippen LogP contribution is 2.35. The SMILES string of the molecule is CCCc1nc2nc3c(c(C)nn3-c3ccccc3)c(-c3ccc(Cl)cc3)c2c(=O)[nH]1. The minimum absolute atomic E-state index is 0.195. The Labute approximate surface area is 183 Å². The number of pyridine rings is 1. The zero-order chi connectivity index (χ0) is 21.5. The van der Waals surface area contributed by atoms with E-state index < -0.39 is 0 Å². The molecule has 3 aromatic heterocycles. The van der Waals surface area contributed by atoms with Crippen molar-refractivity contribution < 1.29 is 0 Å². The van der Waals surface area contributed by atoms with Crippen molar-refractivity contribution in [3.63, 3.8) is 0 Å². The first-order valence-corrected chi connectivity index (χ1v) is 10.6. The Kier molecular flexibility index (Phi) is 4.79. The molecule has 0 spiro atoms. The van der Waals surface area contributed by atoms with Crippen molar-refractivity contribution in [1.29, 1.82) is 0 Å². The van der Waals surface area contributed by atoms with Gasteiger partial charge in [-0.1, -0.05) is 48.9 Å². The lowest BCUT2D eigenvalue weighted by molar-refractivity contribution is 0.833. The molecule has 0 aliphatic heterocycles. The van der Waals surface area contributed by atoms with Gasteiger partial charge in [-0.3, -0.25) is 4.79 Å². The smallest absolute Gasteiger partial charge is 0.261 e. The van der Waals surface area contributed by atoms with Crippen LogP contribution < -0.4 is 5.56 Å². The Morgan fingerprint density at radius 2 is 1.74 bits per heavy atom. The fourth-order valence-electron chi connectivity index (χ4n) is 3.96. The number of benzene rings is 2. The summed E-state index contributed by atoms with van der Waals surface area (Å²) in [6, 6.07) is 17.3. The third kappa shape index (κ3) is 3.29. The highest BCUT2D eigenvalue weighted by atomic mass is 35.5. The number of aromatic amines is 1. The summed E-state index contributed by atoms with van der Waals surface area (Å²) in [6.07, 6.45) is 1.56. The van der Waals surface area contributed by atoms with E-state index in [1.165, 1.54) is 0 Å². The van der Waals surface area contributed by atoms with Crippen molar-refractivity contribution in [2.45, 2.75) is 26.7 Å². The molecule has 0 bridgehead atoms. The van der Waals surface area contributed by atoms with Gasteiger partial charge in [-0.05, 0) is 43.2 Å². The van der Waals surface area contributed by atoms with Crippen LogP contribution in [0.3, 0.4) is 0 Å². The molecule has 0 amide bonds. The Balaban J connectivity index is 1.95. The van der Waals surface area contributed by atoms with E-state index in [0.717, 1.165) is 34.3 Å². The summed E-state index contributed by atoms with van der Waals surface area (Å²) in [5, 5.41) is 6.69. The number of para-hydroxylation sites is 1. The van der Waals surface area contributed by atoms with Gasteiger partial charge in [0.1, 0.15) is 5.82 Å². The number of hydrogen-bond acceptors (Lipinski definition) is 4. The predicted octanol–water partition coefficient (Wildman–Crippen LogP) is 5.24. The lowest BCUT2D eigenvalue weighted by atomic mass is 9.99. The first kappa shape index (κ1) is 19.5. The maximum atomic E-state index is 13.2. The molecule has 3 heterocycles. The summed E-state index contributed by atoms with van der Waals surface area (Å²) >= 11 is 6.13. The zero-order valence-electron chi connectivity index (χ0n) is 17.2. The lowest BCUT2D eigenvalue weighted by Gasteiger charge is -2.10. The average Bonchev–Trinajstić information content (AvgIpc) is 3.10. The van der Waals surface area contributed by atoms with E-state index >= 15 is 0 Å². The molecule has 5 aromatic rings. The van der Waals surface area contributed by atoms with E-state index in [4.69, 9.17) is 21.7 Å². The van der Waals surface area contributed by atoms with Gasteiger partial charge in [0, 0.05) is 17.0 Å². The highest BCUT2D eigenvalue weighted by Gasteiger charge is 2.22. The summed E-state index contributed by atoms with van der Waals surface area (Å²) in [6.45, 7) is 3.98. The van der Waals surface area contributed by atoms with E-state index in [1.807, 2.05) is 73.1 Å². The van der Waals surface area contributed by atoms with Gasteiger partial charge >= 0.3 is 0 Å². The van der Waals surface area contributed by atoms with Crippen LogP contribution in [-0.2, 0) is 6.42 Å². The second-order valence-electron chi connectivity index (χ2n) is 7.49. The monoisotopic (exact) mass is 429 g/mol. The minimum Gasteiger partial charge on any atom is -0.310 e. The van der Waals surface area contributed by atoms with Crippen molar-refractivity contribution in [2.24, 2.45) is 0 Å². The second-order valence-corrected chi connectivity index (χ2v) is 7.92. The van der Waals surface area contributed by atoms with Gasteiger partial charge < -0.3 is 4.98 Å². The molecule has 0 aliphatic carbocycles. The molecule has 0 fully saturated rings. The van der Waals surface area contributed by atoms with Gasteiger partial charge in [-0.2, -0.15) is 5.10 Å². The molecule has 0 aliphatic rings. The fraction of sp³-hybridized carbons (Fsp3) is 0.167. The number of aryl methyl sites for hydroxylation is 2. The van der Waals surface area contributed by atoms with Gasteiger partial charge in [-0.15, -0.1) is 0 Å². The molecule has 1 N–H and O–H groups in total. The summed E-state index contributed by atoms with van der Waals surface area (Å²) in [5.74, 6) is 0.636. The summed E-state index contributed by atoms with van der Waals surface area (Å²) < 4.78 is 1.81. The quantitative estimate of drug-likeness (QED) is 0.424. The van der Waals surface area contributed by atoms with Gasteiger partial charge in [-0.25, -0.2) is 14.6 Å². The van der Waals surface area contributed by atoms with Crippen LogP contribution in [0.15, 0.2) is 59.4 Å². The zero-order valence-corrected chi connectivity index (χ0v) is 17.9. The van der Waals surface area contributed by atoms with Crippen molar-refractivity contribution in [2.75, 3.05) is 0 Å². The molecule has 0 unspecified atom stereocenters. The van der Waals surface area contributed by atoms with Gasteiger partial charge in [0.05, 0.1) is 22.2 Å². The van der Waals surface area contributed by atoms with Crippen molar-refractivity contribution in [3.05, 3.63) is 81.5 Å². The van der Waals surface area contributed by atoms with E-state index in [9.17, 15) is 4.79 Å². The number of nitrogens with zero attached hydrogens (tertiary/aromatic N) is 4. The third-order valence-corrected chi connectivity index (χ3v) is 5.57. The predicted molar refractivity (Wildman–Crippen MR) is 124 cm³/mol. The molecular weight excluding hydrogens is 410 g/mol. The van der Waals surface area contributed by atoms with Crippen molar-refractivity contribution >= 4 is 33.7 Å². The van der Waals surface area contributed by atoms with Crippen LogP contribution in [0.25, 0.3) is 38.9 Å². The van der Waals surface area contributed by atoms with E-state index in [2.05, 4.69) is 9.97 Å².